The second kappa shape index (κ2) is 7.69. The monoisotopic (exact) mass is 360 g/mol. The third kappa shape index (κ3) is 3.48. The Hall–Kier alpha value is -2.68. The lowest BCUT2D eigenvalue weighted by molar-refractivity contribution is 0.0295. The predicted molar refractivity (Wildman–Crippen MR) is 95.2 cm³/mol. The summed E-state index contributed by atoms with van der Waals surface area (Å²) >= 11 is 0. The van der Waals surface area contributed by atoms with Crippen LogP contribution >= 0.6 is 0 Å². The van der Waals surface area contributed by atoms with Gasteiger partial charge >= 0.3 is 0 Å². The van der Waals surface area contributed by atoms with Gasteiger partial charge in [0.1, 0.15) is 5.69 Å². The van der Waals surface area contributed by atoms with Gasteiger partial charge in [-0.3, -0.25) is 19.0 Å². The molecule has 2 aromatic rings. The number of nitrogens with zero attached hydrogens (tertiary/aromatic N) is 5. The standard InChI is InChI=1S/C17H24N6O3/c1-4-22-11-13(12(3)20-22)16(24)19-14-10-18-23(5-2)15(14)17(25)21-6-8-26-9-7-21/h10-11H,4-9H2,1-3H3,(H,19,24). The van der Waals surface area contributed by atoms with Crippen LogP contribution < -0.4 is 5.32 Å². The van der Waals surface area contributed by atoms with Crippen molar-refractivity contribution in [1.29, 1.82) is 0 Å². The highest BCUT2D eigenvalue weighted by Crippen LogP contribution is 2.20. The highest BCUT2D eigenvalue weighted by Gasteiger charge is 2.26. The average molecular weight is 360 g/mol. The fraction of sp³-hybridized carbons (Fsp3) is 0.529. The minimum Gasteiger partial charge on any atom is -0.378 e. The summed E-state index contributed by atoms with van der Waals surface area (Å²) in [5, 5.41) is 11.4. The molecule has 3 rings (SSSR count). The number of morpholine rings is 1. The SMILES string of the molecule is CCn1cc(C(=O)Nc2cnn(CC)c2C(=O)N2CCOCC2)c(C)n1. The van der Waals surface area contributed by atoms with Crippen LogP contribution in [0, 0.1) is 6.92 Å². The van der Waals surface area contributed by atoms with E-state index < -0.39 is 0 Å². The van der Waals surface area contributed by atoms with Crippen LogP contribution in [0.3, 0.4) is 0 Å². The van der Waals surface area contributed by atoms with Crippen molar-refractivity contribution in [1.82, 2.24) is 24.5 Å². The van der Waals surface area contributed by atoms with Crippen LogP contribution in [0.15, 0.2) is 12.4 Å². The van der Waals surface area contributed by atoms with Crippen molar-refractivity contribution < 1.29 is 14.3 Å². The maximum Gasteiger partial charge on any atom is 0.274 e. The van der Waals surface area contributed by atoms with E-state index in [4.69, 9.17) is 4.74 Å². The Morgan fingerprint density at radius 3 is 2.58 bits per heavy atom. The minimum absolute atomic E-state index is 0.149. The van der Waals surface area contributed by atoms with E-state index in [0.717, 1.165) is 0 Å². The van der Waals surface area contributed by atoms with Gasteiger partial charge in [-0.1, -0.05) is 0 Å². The Kier molecular flexibility index (Phi) is 5.36. The first-order chi connectivity index (χ1) is 12.5. The fourth-order valence-corrected chi connectivity index (χ4v) is 2.95. The molecule has 9 heteroatoms. The first-order valence-corrected chi connectivity index (χ1v) is 8.83. The molecule has 26 heavy (non-hydrogen) atoms. The van der Waals surface area contributed by atoms with Crippen molar-refractivity contribution in [3.05, 3.63) is 29.3 Å². The zero-order valence-electron chi connectivity index (χ0n) is 15.4. The Labute approximate surface area is 151 Å². The number of hydrogen-bond acceptors (Lipinski definition) is 5. The van der Waals surface area contributed by atoms with Crippen LogP contribution in [-0.4, -0.2) is 62.6 Å². The number of aryl methyl sites for hydroxylation is 3. The molecule has 0 spiro atoms. The maximum atomic E-state index is 12.9. The molecule has 2 aromatic heterocycles. The zero-order valence-corrected chi connectivity index (χ0v) is 15.4. The Morgan fingerprint density at radius 1 is 1.23 bits per heavy atom. The van der Waals surface area contributed by atoms with Gasteiger partial charge in [0.15, 0.2) is 0 Å². The summed E-state index contributed by atoms with van der Waals surface area (Å²) in [5.74, 6) is -0.446. The molecule has 0 unspecified atom stereocenters. The number of amides is 2. The van der Waals surface area contributed by atoms with Gasteiger partial charge < -0.3 is 15.0 Å². The van der Waals surface area contributed by atoms with E-state index in [-0.39, 0.29) is 11.8 Å². The lowest BCUT2D eigenvalue weighted by Gasteiger charge is -2.27. The molecule has 0 atom stereocenters. The summed E-state index contributed by atoms with van der Waals surface area (Å²) < 4.78 is 8.62. The van der Waals surface area contributed by atoms with Gasteiger partial charge in [0, 0.05) is 32.4 Å². The van der Waals surface area contributed by atoms with Gasteiger partial charge in [-0.15, -0.1) is 0 Å². The van der Waals surface area contributed by atoms with Crippen molar-refractivity contribution in [2.45, 2.75) is 33.9 Å². The van der Waals surface area contributed by atoms with Gasteiger partial charge in [-0.05, 0) is 20.8 Å². The normalized spacial score (nSPS) is 14.5. The lowest BCUT2D eigenvalue weighted by Crippen LogP contribution is -2.41. The molecule has 0 aliphatic carbocycles. The molecule has 1 fully saturated rings. The Morgan fingerprint density at radius 2 is 1.96 bits per heavy atom. The molecule has 1 aliphatic rings. The molecular weight excluding hydrogens is 336 g/mol. The summed E-state index contributed by atoms with van der Waals surface area (Å²) in [6.45, 7) is 8.97. The molecule has 140 valence electrons. The van der Waals surface area contributed by atoms with E-state index in [2.05, 4.69) is 15.5 Å². The summed E-state index contributed by atoms with van der Waals surface area (Å²) in [5.41, 5.74) is 1.94. The quantitative estimate of drug-likeness (QED) is 0.863. The molecule has 0 bridgehead atoms. The van der Waals surface area contributed by atoms with Crippen molar-refractivity contribution in [3.63, 3.8) is 0 Å². The number of hydrogen-bond donors (Lipinski definition) is 1. The zero-order chi connectivity index (χ0) is 18.7. The number of nitrogens with one attached hydrogen (secondary N) is 1. The van der Waals surface area contributed by atoms with E-state index in [1.54, 1.807) is 27.4 Å². The first-order valence-electron chi connectivity index (χ1n) is 8.83. The van der Waals surface area contributed by atoms with E-state index in [0.29, 0.717) is 62.0 Å². The highest BCUT2D eigenvalue weighted by atomic mass is 16.5. The Balaban J connectivity index is 1.85. The van der Waals surface area contributed by atoms with Crippen LogP contribution in [0.1, 0.15) is 40.4 Å². The van der Waals surface area contributed by atoms with E-state index in [1.807, 2.05) is 13.8 Å². The smallest absolute Gasteiger partial charge is 0.274 e. The molecule has 0 aromatic carbocycles. The molecule has 0 radical (unpaired) electrons. The molecule has 2 amide bonds. The van der Waals surface area contributed by atoms with Gasteiger partial charge in [0.2, 0.25) is 0 Å². The van der Waals surface area contributed by atoms with Crippen LogP contribution in [0.2, 0.25) is 0 Å². The van der Waals surface area contributed by atoms with Crippen LogP contribution in [0.25, 0.3) is 0 Å². The molecular formula is C17H24N6O3. The molecule has 3 heterocycles. The van der Waals surface area contributed by atoms with Crippen LogP contribution in [-0.2, 0) is 17.8 Å². The maximum absolute atomic E-state index is 12.9. The van der Waals surface area contributed by atoms with E-state index >= 15 is 0 Å². The summed E-state index contributed by atoms with van der Waals surface area (Å²) in [7, 11) is 0. The third-order valence-corrected chi connectivity index (χ3v) is 4.40. The summed E-state index contributed by atoms with van der Waals surface area (Å²) in [6.07, 6.45) is 3.23. The van der Waals surface area contributed by atoms with Gasteiger partial charge in [-0.25, -0.2) is 0 Å². The number of carbonyl (C=O) groups excluding carboxylic acids is 2. The van der Waals surface area contributed by atoms with E-state index in [1.165, 1.54) is 6.20 Å². The molecule has 0 saturated carbocycles. The predicted octanol–water partition coefficient (Wildman–Crippen LogP) is 1.15. The number of carbonyl (C=O) groups is 2. The van der Waals surface area contributed by atoms with Gasteiger partial charge in [-0.2, -0.15) is 10.2 Å². The Bertz CT molecular complexity index is 804. The molecule has 1 N–H and O–H groups in total. The summed E-state index contributed by atoms with van der Waals surface area (Å²) in [4.78, 5) is 27.3. The van der Waals surface area contributed by atoms with Crippen molar-refractivity contribution in [3.8, 4) is 0 Å². The van der Waals surface area contributed by atoms with E-state index in [9.17, 15) is 9.59 Å². The number of anilines is 1. The lowest BCUT2D eigenvalue weighted by atomic mass is 10.2. The van der Waals surface area contributed by atoms with Crippen molar-refractivity contribution in [2.24, 2.45) is 0 Å². The number of ether oxygens (including phenoxy) is 1. The molecule has 1 saturated heterocycles. The van der Waals surface area contributed by atoms with Crippen molar-refractivity contribution >= 4 is 17.5 Å². The largest absolute Gasteiger partial charge is 0.378 e. The first kappa shape index (κ1) is 18.1. The second-order valence-corrected chi connectivity index (χ2v) is 6.07. The van der Waals surface area contributed by atoms with Crippen LogP contribution in [0.5, 0.6) is 0 Å². The highest BCUT2D eigenvalue weighted by molar-refractivity contribution is 6.08. The topological polar surface area (TPSA) is 94.3 Å². The van der Waals surface area contributed by atoms with Gasteiger partial charge in [0.25, 0.3) is 11.8 Å². The van der Waals surface area contributed by atoms with Crippen molar-refractivity contribution in [2.75, 3.05) is 31.6 Å². The third-order valence-electron chi connectivity index (χ3n) is 4.40. The average Bonchev–Trinajstić information content (AvgIpc) is 3.24. The molecule has 1 aliphatic heterocycles. The summed E-state index contributed by atoms with van der Waals surface area (Å²) in [6, 6.07) is 0. The number of aromatic nitrogens is 4. The minimum atomic E-state index is -0.297. The molecule has 9 nitrogen and oxygen atoms in total. The van der Waals surface area contributed by atoms with Crippen LogP contribution in [0.4, 0.5) is 5.69 Å². The number of rotatable bonds is 5. The van der Waals surface area contributed by atoms with Gasteiger partial charge in [0.05, 0.1) is 36.4 Å². The second-order valence-electron chi connectivity index (χ2n) is 6.07. The fourth-order valence-electron chi connectivity index (χ4n) is 2.95.